The number of amides is 2. The highest BCUT2D eigenvalue weighted by Gasteiger charge is 2.38. The van der Waals surface area contributed by atoms with Crippen molar-refractivity contribution in [2.45, 2.75) is 69.6 Å². The van der Waals surface area contributed by atoms with E-state index in [1.165, 1.54) is 11.1 Å². The molecular weight excluding hydrogens is 376 g/mol. The summed E-state index contributed by atoms with van der Waals surface area (Å²) in [5, 5.41) is 9.65. The van der Waals surface area contributed by atoms with E-state index < -0.39 is 12.1 Å². The first kappa shape index (κ1) is 22.3. The molecule has 1 aliphatic heterocycles. The first-order chi connectivity index (χ1) is 14.5. The van der Waals surface area contributed by atoms with Gasteiger partial charge in [-0.3, -0.25) is 9.59 Å². The summed E-state index contributed by atoms with van der Waals surface area (Å²) < 4.78 is 0. The van der Waals surface area contributed by atoms with Crippen LogP contribution in [0.3, 0.4) is 0 Å². The Morgan fingerprint density at radius 3 is 2.83 bits per heavy atom. The van der Waals surface area contributed by atoms with Crippen LogP contribution in [0.1, 0.15) is 56.2 Å². The topological polar surface area (TPSA) is 73.5 Å². The Morgan fingerprint density at radius 1 is 1.27 bits per heavy atom. The zero-order valence-corrected chi connectivity index (χ0v) is 18.1. The van der Waals surface area contributed by atoms with E-state index in [0.29, 0.717) is 25.9 Å². The molecule has 3 N–H and O–H groups in total. The zero-order valence-electron chi connectivity index (χ0n) is 18.1. The molecule has 1 aliphatic carbocycles. The second kappa shape index (κ2) is 10.6. The summed E-state index contributed by atoms with van der Waals surface area (Å²) in [6.45, 7) is 3.28. The van der Waals surface area contributed by atoms with Gasteiger partial charge in [0.2, 0.25) is 11.8 Å². The summed E-state index contributed by atoms with van der Waals surface area (Å²) in [5.74, 6) is 2.48. The van der Waals surface area contributed by atoms with Crippen molar-refractivity contribution in [2.24, 2.45) is 0 Å². The molecule has 2 amide bonds. The van der Waals surface area contributed by atoms with Crippen molar-refractivity contribution in [3.63, 3.8) is 0 Å². The SMILES string of the molecule is C#CC[C@H](NC[C@H](C)NC)C(=O)N1CCC[C@H]1C(=O)N[C@@H]1CCCc2ccccc21. The summed E-state index contributed by atoms with van der Waals surface area (Å²) in [6.07, 6.45) is 10.4. The number of hydrogen-bond donors (Lipinski definition) is 3. The van der Waals surface area contributed by atoms with Gasteiger partial charge in [-0.2, -0.15) is 0 Å². The predicted molar refractivity (Wildman–Crippen MR) is 119 cm³/mol. The average molecular weight is 411 g/mol. The monoisotopic (exact) mass is 410 g/mol. The van der Waals surface area contributed by atoms with Gasteiger partial charge < -0.3 is 20.9 Å². The van der Waals surface area contributed by atoms with Crippen LogP contribution in [0.5, 0.6) is 0 Å². The van der Waals surface area contributed by atoms with E-state index in [0.717, 1.165) is 25.7 Å². The van der Waals surface area contributed by atoms with E-state index in [4.69, 9.17) is 6.42 Å². The molecule has 0 bridgehead atoms. The fourth-order valence-corrected chi connectivity index (χ4v) is 4.46. The van der Waals surface area contributed by atoms with Crippen LogP contribution >= 0.6 is 0 Å². The van der Waals surface area contributed by atoms with Crippen LogP contribution in [-0.2, 0) is 16.0 Å². The Bertz CT molecular complexity index is 788. The minimum Gasteiger partial charge on any atom is -0.347 e. The van der Waals surface area contributed by atoms with Gasteiger partial charge in [0.25, 0.3) is 0 Å². The highest BCUT2D eigenvalue weighted by atomic mass is 16.2. The van der Waals surface area contributed by atoms with Gasteiger partial charge >= 0.3 is 0 Å². The molecule has 0 aromatic heterocycles. The largest absolute Gasteiger partial charge is 0.347 e. The van der Waals surface area contributed by atoms with E-state index in [1.807, 2.05) is 26.1 Å². The van der Waals surface area contributed by atoms with Gasteiger partial charge in [0, 0.05) is 25.6 Å². The maximum Gasteiger partial charge on any atom is 0.243 e. The summed E-state index contributed by atoms with van der Waals surface area (Å²) >= 11 is 0. The van der Waals surface area contributed by atoms with E-state index in [2.05, 4.69) is 34.0 Å². The summed E-state index contributed by atoms with van der Waals surface area (Å²) in [6, 6.07) is 7.68. The number of carbonyl (C=O) groups is 2. The van der Waals surface area contributed by atoms with Gasteiger partial charge in [-0.25, -0.2) is 0 Å². The maximum atomic E-state index is 13.2. The average Bonchev–Trinajstić information content (AvgIpc) is 3.26. The number of nitrogens with one attached hydrogen (secondary N) is 3. The third-order valence-electron chi connectivity index (χ3n) is 6.31. The molecule has 1 fully saturated rings. The van der Waals surface area contributed by atoms with Gasteiger partial charge in [-0.05, 0) is 57.2 Å². The molecule has 0 unspecified atom stereocenters. The molecule has 3 rings (SSSR count). The molecule has 0 radical (unpaired) electrons. The highest BCUT2D eigenvalue weighted by molar-refractivity contribution is 5.90. The van der Waals surface area contributed by atoms with E-state index >= 15 is 0 Å². The van der Waals surface area contributed by atoms with Gasteiger partial charge in [0.1, 0.15) is 6.04 Å². The summed E-state index contributed by atoms with van der Waals surface area (Å²) in [7, 11) is 1.88. The lowest BCUT2D eigenvalue weighted by Crippen LogP contribution is -2.54. The van der Waals surface area contributed by atoms with Crippen molar-refractivity contribution in [3.05, 3.63) is 35.4 Å². The van der Waals surface area contributed by atoms with Crippen LogP contribution in [0, 0.1) is 12.3 Å². The minimum atomic E-state index is -0.463. The Morgan fingerprint density at radius 2 is 2.07 bits per heavy atom. The van der Waals surface area contributed by atoms with Crippen molar-refractivity contribution in [1.29, 1.82) is 0 Å². The van der Waals surface area contributed by atoms with Crippen LogP contribution in [0.2, 0.25) is 0 Å². The summed E-state index contributed by atoms with van der Waals surface area (Å²) in [5.41, 5.74) is 2.52. The standard InChI is InChI=1S/C24H34N4O2/c1-4-9-21(26-16-17(2)25-3)24(30)28-15-8-14-22(28)23(29)27-20-13-7-11-18-10-5-6-12-19(18)20/h1,5-6,10,12,17,20-22,25-26H,7-9,11,13-16H2,2-3H3,(H,27,29)/t17-,20+,21-,22-/m0/s1. The fourth-order valence-electron chi connectivity index (χ4n) is 4.46. The maximum absolute atomic E-state index is 13.2. The lowest BCUT2D eigenvalue weighted by Gasteiger charge is -2.31. The number of carbonyl (C=O) groups excluding carboxylic acids is 2. The molecule has 6 heteroatoms. The molecule has 162 valence electrons. The second-order valence-corrected chi connectivity index (χ2v) is 8.40. The minimum absolute atomic E-state index is 0.0242. The van der Waals surface area contributed by atoms with Crippen molar-refractivity contribution in [1.82, 2.24) is 20.9 Å². The van der Waals surface area contributed by atoms with Crippen LogP contribution in [-0.4, -0.2) is 55.0 Å². The van der Waals surface area contributed by atoms with Crippen LogP contribution in [0.15, 0.2) is 24.3 Å². The molecule has 1 heterocycles. The first-order valence-corrected chi connectivity index (χ1v) is 11.1. The lowest BCUT2D eigenvalue weighted by atomic mass is 9.87. The number of fused-ring (bicyclic) bond motifs is 1. The van der Waals surface area contributed by atoms with Gasteiger partial charge in [0.05, 0.1) is 12.1 Å². The molecule has 1 aromatic rings. The highest BCUT2D eigenvalue weighted by Crippen LogP contribution is 2.30. The number of terminal acetylenes is 1. The van der Waals surface area contributed by atoms with Crippen molar-refractivity contribution >= 4 is 11.8 Å². The molecular formula is C24H34N4O2. The normalized spacial score (nSPS) is 22.6. The molecule has 1 saturated heterocycles. The predicted octanol–water partition coefficient (Wildman–Crippen LogP) is 1.76. The molecule has 1 aromatic carbocycles. The van der Waals surface area contributed by atoms with Crippen molar-refractivity contribution < 1.29 is 9.59 Å². The first-order valence-electron chi connectivity index (χ1n) is 11.1. The number of nitrogens with zero attached hydrogens (tertiary/aromatic N) is 1. The number of likely N-dealkylation sites (N-methyl/N-ethyl adjacent to an activating group) is 1. The Balaban J connectivity index is 1.66. The third-order valence-corrected chi connectivity index (χ3v) is 6.31. The Hall–Kier alpha value is -2.36. The van der Waals surface area contributed by atoms with Crippen LogP contribution in [0.25, 0.3) is 0 Å². The van der Waals surface area contributed by atoms with E-state index in [9.17, 15) is 9.59 Å². The van der Waals surface area contributed by atoms with E-state index in [1.54, 1.807) is 4.90 Å². The number of likely N-dealkylation sites (tertiary alicyclic amines) is 1. The lowest BCUT2D eigenvalue weighted by molar-refractivity contribution is -0.140. The molecule has 2 aliphatic rings. The number of benzene rings is 1. The Labute approximate surface area is 180 Å². The number of aryl methyl sites for hydroxylation is 1. The van der Waals surface area contributed by atoms with E-state index in [-0.39, 0.29) is 23.9 Å². The third kappa shape index (κ3) is 5.21. The van der Waals surface area contributed by atoms with Gasteiger partial charge in [-0.15, -0.1) is 12.3 Å². The molecule has 4 atom stereocenters. The molecule has 0 saturated carbocycles. The molecule has 0 spiro atoms. The Kier molecular flexibility index (Phi) is 7.89. The van der Waals surface area contributed by atoms with Crippen molar-refractivity contribution in [3.8, 4) is 12.3 Å². The smallest absolute Gasteiger partial charge is 0.243 e. The molecule has 6 nitrogen and oxygen atoms in total. The molecule has 30 heavy (non-hydrogen) atoms. The second-order valence-electron chi connectivity index (χ2n) is 8.40. The number of hydrogen-bond acceptors (Lipinski definition) is 4. The van der Waals surface area contributed by atoms with Crippen molar-refractivity contribution in [2.75, 3.05) is 20.1 Å². The zero-order chi connectivity index (χ0) is 21.5. The quantitative estimate of drug-likeness (QED) is 0.571. The fraction of sp³-hybridized carbons (Fsp3) is 0.583. The van der Waals surface area contributed by atoms with Gasteiger partial charge in [0.15, 0.2) is 0 Å². The summed E-state index contributed by atoms with van der Waals surface area (Å²) in [4.78, 5) is 28.1. The van der Waals surface area contributed by atoms with Gasteiger partial charge in [-0.1, -0.05) is 24.3 Å². The van der Waals surface area contributed by atoms with Crippen LogP contribution < -0.4 is 16.0 Å². The number of rotatable bonds is 8. The van der Waals surface area contributed by atoms with Crippen LogP contribution in [0.4, 0.5) is 0 Å².